The first-order valence-electron chi connectivity index (χ1n) is 6.20. The highest BCUT2D eigenvalue weighted by atomic mass is 35.5. The van der Waals surface area contributed by atoms with Crippen LogP contribution in [0.3, 0.4) is 0 Å². The lowest BCUT2D eigenvalue weighted by atomic mass is 10.1. The maximum atomic E-state index is 5.85. The first kappa shape index (κ1) is 13.6. The standard InChI is InChI=1S/C14H17ClN4/c1-19(13-12(16)10-17-14(15)18-13)9-5-8-11-6-3-2-4-7-11/h2-4,6-7,10H,5,8-9,16H2,1H3. The molecule has 0 unspecified atom stereocenters. The molecule has 1 heterocycles. The van der Waals surface area contributed by atoms with Crippen LogP contribution < -0.4 is 10.6 Å². The van der Waals surface area contributed by atoms with E-state index in [1.807, 2.05) is 18.0 Å². The zero-order valence-corrected chi connectivity index (χ0v) is 11.6. The Morgan fingerprint density at radius 2 is 2.00 bits per heavy atom. The summed E-state index contributed by atoms with van der Waals surface area (Å²) in [4.78, 5) is 10.0. The number of anilines is 2. The molecule has 1 aromatic carbocycles. The Morgan fingerprint density at radius 3 is 2.74 bits per heavy atom. The van der Waals surface area contributed by atoms with Crippen LogP contribution >= 0.6 is 11.6 Å². The van der Waals surface area contributed by atoms with Gasteiger partial charge in [-0.25, -0.2) is 4.98 Å². The maximum absolute atomic E-state index is 5.85. The van der Waals surface area contributed by atoms with Crippen molar-refractivity contribution in [2.45, 2.75) is 12.8 Å². The van der Waals surface area contributed by atoms with Gasteiger partial charge in [0.05, 0.1) is 11.9 Å². The quantitative estimate of drug-likeness (QED) is 0.853. The van der Waals surface area contributed by atoms with Crippen LogP contribution in [-0.2, 0) is 6.42 Å². The normalized spacial score (nSPS) is 10.4. The Labute approximate surface area is 118 Å². The van der Waals surface area contributed by atoms with Crippen LogP contribution in [0, 0.1) is 0 Å². The highest BCUT2D eigenvalue weighted by Crippen LogP contribution is 2.20. The summed E-state index contributed by atoms with van der Waals surface area (Å²) in [6, 6.07) is 10.4. The first-order chi connectivity index (χ1) is 9.16. The van der Waals surface area contributed by atoms with Crippen molar-refractivity contribution < 1.29 is 0 Å². The summed E-state index contributed by atoms with van der Waals surface area (Å²) in [5, 5.41) is 0.221. The molecular formula is C14H17ClN4. The van der Waals surface area contributed by atoms with Crippen molar-refractivity contribution in [1.29, 1.82) is 0 Å². The summed E-state index contributed by atoms with van der Waals surface area (Å²) < 4.78 is 0. The largest absolute Gasteiger partial charge is 0.394 e. The molecule has 0 spiro atoms. The molecule has 2 N–H and O–H groups in total. The van der Waals surface area contributed by atoms with E-state index in [9.17, 15) is 0 Å². The monoisotopic (exact) mass is 276 g/mol. The highest BCUT2D eigenvalue weighted by Gasteiger charge is 2.08. The molecule has 0 amide bonds. The molecule has 1 aromatic heterocycles. The molecule has 4 nitrogen and oxygen atoms in total. The minimum absolute atomic E-state index is 0.221. The van der Waals surface area contributed by atoms with Crippen LogP contribution in [-0.4, -0.2) is 23.6 Å². The lowest BCUT2D eigenvalue weighted by Gasteiger charge is -2.19. The van der Waals surface area contributed by atoms with Crippen molar-refractivity contribution >= 4 is 23.1 Å². The third kappa shape index (κ3) is 3.83. The van der Waals surface area contributed by atoms with Gasteiger partial charge in [0.25, 0.3) is 0 Å². The van der Waals surface area contributed by atoms with Crippen LogP contribution in [0.15, 0.2) is 36.5 Å². The van der Waals surface area contributed by atoms with E-state index in [0.717, 1.165) is 19.4 Å². The summed E-state index contributed by atoms with van der Waals surface area (Å²) in [5.41, 5.74) is 7.73. The molecule has 0 fully saturated rings. The molecule has 0 aliphatic carbocycles. The average molecular weight is 277 g/mol. The minimum Gasteiger partial charge on any atom is -0.394 e. The molecule has 100 valence electrons. The van der Waals surface area contributed by atoms with Gasteiger partial charge in [-0.2, -0.15) is 4.98 Å². The second-order valence-corrected chi connectivity index (χ2v) is 4.77. The van der Waals surface area contributed by atoms with Gasteiger partial charge in [0.2, 0.25) is 5.28 Å². The van der Waals surface area contributed by atoms with Crippen molar-refractivity contribution in [1.82, 2.24) is 9.97 Å². The number of hydrogen-bond acceptors (Lipinski definition) is 4. The molecule has 0 radical (unpaired) electrons. The van der Waals surface area contributed by atoms with Gasteiger partial charge in [0, 0.05) is 13.6 Å². The van der Waals surface area contributed by atoms with Gasteiger partial charge in [-0.3, -0.25) is 0 Å². The van der Waals surface area contributed by atoms with Crippen LogP contribution in [0.5, 0.6) is 0 Å². The Hall–Kier alpha value is -1.81. The fourth-order valence-corrected chi connectivity index (χ4v) is 2.07. The molecule has 0 bridgehead atoms. The molecule has 0 aliphatic heterocycles. The molecule has 0 saturated carbocycles. The van der Waals surface area contributed by atoms with Crippen LogP contribution in [0.4, 0.5) is 11.5 Å². The van der Waals surface area contributed by atoms with Gasteiger partial charge in [-0.1, -0.05) is 30.3 Å². The van der Waals surface area contributed by atoms with E-state index >= 15 is 0 Å². The first-order valence-corrected chi connectivity index (χ1v) is 6.57. The lowest BCUT2D eigenvalue weighted by Crippen LogP contribution is -2.21. The minimum atomic E-state index is 0.221. The van der Waals surface area contributed by atoms with Gasteiger partial charge >= 0.3 is 0 Å². The van der Waals surface area contributed by atoms with E-state index in [-0.39, 0.29) is 5.28 Å². The van der Waals surface area contributed by atoms with Crippen molar-refractivity contribution in [2.24, 2.45) is 0 Å². The maximum Gasteiger partial charge on any atom is 0.224 e. The van der Waals surface area contributed by atoms with E-state index < -0.39 is 0 Å². The van der Waals surface area contributed by atoms with E-state index in [1.54, 1.807) is 6.20 Å². The molecule has 5 heteroatoms. The average Bonchev–Trinajstić information content (AvgIpc) is 2.42. The van der Waals surface area contributed by atoms with Crippen molar-refractivity contribution in [3.63, 3.8) is 0 Å². The summed E-state index contributed by atoms with van der Waals surface area (Å²) in [5.74, 6) is 0.688. The fraction of sp³-hybridized carbons (Fsp3) is 0.286. The Bertz CT molecular complexity index is 530. The molecule has 2 aromatic rings. The summed E-state index contributed by atoms with van der Waals surface area (Å²) in [6.07, 6.45) is 3.60. The van der Waals surface area contributed by atoms with E-state index in [2.05, 4.69) is 34.2 Å². The molecule has 0 saturated heterocycles. The number of aryl methyl sites for hydroxylation is 1. The number of nitrogens with zero attached hydrogens (tertiary/aromatic N) is 3. The zero-order chi connectivity index (χ0) is 13.7. The van der Waals surface area contributed by atoms with Crippen LogP contribution in [0.2, 0.25) is 5.28 Å². The number of aromatic nitrogens is 2. The number of benzene rings is 1. The smallest absolute Gasteiger partial charge is 0.224 e. The molecule has 0 aliphatic rings. The van der Waals surface area contributed by atoms with E-state index in [4.69, 9.17) is 17.3 Å². The summed E-state index contributed by atoms with van der Waals surface area (Å²) >= 11 is 5.79. The van der Waals surface area contributed by atoms with Gasteiger partial charge in [-0.15, -0.1) is 0 Å². The topological polar surface area (TPSA) is 55.0 Å². The highest BCUT2D eigenvalue weighted by molar-refractivity contribution is 6.28. The van der Waals surface area contributed by atoms with Crippen molar-refractivity contribution in [3.05, 3.63) is 47.4 Å². The summed E-state index contributed by atoms with van der Waals surface area (Å²) in [6.45, 7) is 0.867. The van der Waals surface area contributed by atoms with Crippen molar-refractivity contribution in [2.75, 3.05) is 24.2 Å². The fourth-order valence-electron chi connectivity index (χ4n) is 1.94. The molecule has 19 heavy (non-hydrogen) atoms. The molecular weight excluding hydrogens is 260 g/mol. The number of nitrogen functional groups attached to an aromatic ring is 1. The van der Waals surface area contributed by atoms with Gasteiger partial charge in [0.1, 0.15) is 0 Å². The van der Waals surface area contributed by atoms with E-state index in [0.29, 0.717) is 11.5 Å². The number of hydrogen-bond donors (Lipinski definition) is 1. The predicted octanol–water partition coefficient (Wildman–Crippen LogP) is 2.78. The Kier molecular flexibility index (Phi) is 4.58. The second kappa shape index (κ2) is 6.38. The van der Waals surface area contributed by atoms with Gasteiger partial charge in [0.15, 0.2) is 5.82 Å². The van der Waals surface area contributed by atoms with E-state index in [1.165, 1.54) is 5.56 Å². The zero-order valence-electron chi connectivity index (χ0n) is 10.9. The third-order valence-corrected chi connectivity index (χ3v) is 3.11. The SMILES string of the molecule is CN(CCCc1ccccc1)c1nc(Cl)ncc1N. The third-order valence-electron chi connectivity index (χ3n) is 2.93. The number of nitrogens with two attached hydrogens (primary N) is 1. The Morgan fingerprint density at radius 1 is 1.26 bits per heavy atom. The lowest BCUT2D eigenvalue weighted by molar-refractivity contribution is 0.777. The van der Waals surface area contributed by atoms with Gasteiger partial charge in [-0.05, 0) is 30.0 Å². The predicted molar refractivity (Wildman–Crippen MR) is 79.5 cm³/mol. The number of halogens is 1. The van der Waals surface area contributed by atoms with Crippen LogP contribution in [0.1, 0.15) is 12.0 Å². The van der Waals surface area contributed by atoms with Crippen LogP contribution in [0.25, 0.3) is 0 Å². The molecule has 2 rings (SSSR count). The molecule has 0 atom stereocenters. The van der Waals surface area contributed by atoms with Gasteiger partial charge < -0.3 is 10.6 Å². The summed E-state index contributed by atoms with van der Waals surface area (Å²) in [7, 11) is 1.96. The second-order valence-electron chi connectivity index (χ2n) is 4.43. The Balaban J connectivity index is 1.91. The van der Waals surface area contributed by atoms with Crippen molar-refractivity contribution in [3.8, 4) is 0 Å². The number of rotatable bonds is 5.